The minimum atomic E-state index is -4.61. The molecule has 0 fully saturated rings. The zero-order valence-corrected chi connectivity index (χ0v) is 15.0. The van der Waals surface area contributed by atoms with Crippen molar-refractivity contribution in [3.8, 4) is 5.75 Å². The molecule has 0 bridgehead atoms. The second kappa shape index (κ2) is 6.84. The Morgan fingerprint density at radius 1 is 1.28 bits per heavy atom. The Balaban J connectivity index is 2.07. The molecule has 1 aliphatic rings. The van der Waals surface area contributed by atoms with Crippen molar-refractivity contribution in [2.24, 2.45) is 0 Å². The summed E-state index contributed by atoms with van der Waals surface area (Å²) in [5.41, 5.74) is -0.229. The molecule has 2 aromatic carbocycles. The van der Waals surface area contributed by atoms with Crippen LogP contribution in [0.4, 0.5) is 18.9 Å². The number of fused-ring (bicyclic) bond motifs is 1. The average Bonchev–Trinajstić information content (AvgIpc) is 3.03. The van der Waals surface area contributed by atoms with Crippen LogP contribution in [-0.2, 0) is 6.18 Å². The highest BCUT2D eigenvalue weighted by Gasteiger charge is 2.37. The minimum Gasteiger partial charge on any atom is -0.495 e. The molecule has 3 rings (SSSR count). The van der Waals surface area contributed by atoms with Crippen LogP contribution in [0.5, 0.6) is 5.75 Å². The fourth-order valence-electron chi connectivity index (χ4n) is 2.63. The van der Waals surface area contributed by atoms with Crippen LogP contribution >= 0.6 is 23.5 Å². The van der Waals surface area contributed by atoms with Crippen molar-refractivity contribution in [3.63, 3.8) is 0 Å². The number of para-hydroxylation sites is 1. The van der Waals surface area contributed by atoms with Crippen molar-refractivity contribution in [2.75, 3.05) is 24.1 Å². The molecule has 0 spiro atoms. The van der Waals surface area contributed by atoms with Gasteiger partial charge in [-0.25, -0.2) is 0 Å². The SMILES string of the molecule is COc1c(SC)cc(C(=O)N2CSc3ccccc32)cc1C(F)(F)F. The fraction of sp³-hybridized carbons (Fsp3) is 0.235. The van der Waals surface area contributed by atoms with Gasteiger partial charge in [0.25, 0.3) is 5.91 Å². The summed E-state index contributed by atoms with van der Waals surface area (Å²) in [6.07, 6.45) is -2.96. The van der Waals surface area contributed by atoms with Gasteiger partial charge in [0, 0.05) is 10.5 Å². The Morgan fingerprint density at radius 3 is 2.64 bits per heavy atom. The minimum absolute atomic E-state index is 0.00484. The monoisotopic (exact) mass is 385 g/mol. The lowest BCUT2D eigenvalue weighted by Crippen LogP contribution is -2.28. The zero-order chi connectivity index (χ0) is 18.2. The number of anilines is 1. The topological polar surface area (TPSA) is 29.5 Å². The number of carbonyl (C=O) groups is 1. The molecule has 0 saturated heterocycles. The predicted octanol–water partition coefficient (Wildman–Crippen LogP) is 5.15. The number of rotatable bonds is 3. The summed E-state index contributed by atoms with van der Waals surface area (Å²) < 4.78 is 45.1. The van der Waals surface area contributed by atoms with Crippen LogP contribution in [0.3, 0.4) is 0 Å². The Hall–Kier alpha value is -1.80. The predicted molar refractivity (Wildman–Crippen MR) is 93.8 cm³/mol. The van der Waals surface area contributed by atoms with E-state index < -0.39 is 17.6 Å². The summed E-state index contributed by atoms with van der Waals surface area (Å²) in [6, 6.07) is 9.65. The Bertz CT molecular complexity index is 824. The van der Waals surface area contributed by atoms with Crippen LogP contribution in [0.1, 0.15) is 15.9 Å². The maximum atomic E-state index is 13.4. The van der Waals surface area contributed by atoms with Crippen LogP contribution in [0, 0.1) is 0 Å². The molecule has 25 heavy (non-hydrogen) atoms. The number of benzene rings is 2. The molecule has 0 aromatic heterocycles. The number of carbonyl (C=O) groups excluding carboxylic acids is 1. The van der Waals surface area contributed by atoms with E-state index in [9.17, 15) is 18.0 Å². The van der Waals surface area contributed by atoms with E-state index in [0.717, 1.165) is 22.7 Å². The summed E-state index contributed by atoms with van der Waals surface area (Å²) in [7, 11) is 1.19. The maximum Gasteiger partial charge on any atom is 0.420 e. The normalized spacial score (nSPS) is 13.7. The van der Waals surface area contributed by atoms with Crippen molar-refractivity contribution < 1.29 is 22.7 Å². The van der Waals surface area contributed by atoms with Crippen LogP contribution in [0.15, 0.2) is 46.2 Å². The number of hydrogen-bond donors (Lipinski definition) is 0. The number of hydrogen-bond acceptors (Lipinski definition) is 4. The van der Waals surface area contributed by atoms with E-state index in [1.54, 1.807) is 18.4 Å². The summed E-state index contributed by atoms with van der Waals surface area (Å²) >= 11 is 2.59. The third kappa shape index (κ3) is 3.32. The average molecular weight is 385 g/mol. The van der Waals surface area contributed by atoms with Gasteiger partial charge in [-0.1, -0.05) is 12.1 Å². The smallest absolute Gasteiger partial charge is 0.420 e. The molecular weight excluding hydrogens is 371 g/mol. The van der Waals surface area contributed by atoms with E-state index in [1.165, 1.54) is 29.8 Å². The zero-order valence-electron chi connectivity index (χ0n) is 13.4. The first-order chi connectivity index (χ1) is 11.9. The van der Waals surface area contributed by atoms with Crippen LogP contribution in [-0.4, -0.2) is 25.1 Å². The number of amides is 1. The number of halogens is 3. The van der Waals surface area contributed by atoms with Gasteiger partial charge in [0.15, 0.2) is 0 Å². The molecule has 0 unspecified atom stereocenters. The van der Waals surface area contributed by atoms with Crippen LogP contribution in [0.25, 0.3) is 0 Å². The van der Waals surface area contributed by atoms with Gasteiger partial charge < -0.3 is 4.74 Å². The number of methoxy groups -OCH3 is 1. The largest absolute Gasteiger partial charge is 0.495 e. The van der Waals surface area contributed by atoms with E-state index in [0.29, 0.717) is 11.6 Å². The lowest BCUT2D eigenvalue weighted by Gasteiger charge is -2.20. The van der Waals surface area contributed by atoms with Gasteiger partial charge in [-0.15, -0.1) is 23.5 Å². The quantitative estimate of drug-likeness (QED) is 0.684. The van der Waals surface area contributed by atoms with E-state index in [4.69, 9.17) is 4.74 Å². The lowest BCUT2D eigenvalue weighted by atomic mass is 10.1. The second-order valence-corrected chi connectivity index (χ2v) is 7.07. The lowest BCUT2D eigenvalue weighted by molar-refractivity contribution is -0.139. The molecule has 8 heteroatoms. The van der Waals surface area contributed by atoms with E-state index in [-0.39, 0.29) is 16.2 Å². The van der Waals surface area contributed by atoms with Gasteiger partial charge in [-0.05, 0) is 30.5 Å². The molecule has 1 heterocycles. The Labute approximate surface area is 151 Å². The van der Waals surface area contributed by atoms with Gasteiger partial charge in [0.1, 0.15) is 5.75 Å². The van der Waals surface area contributed by atoms with Gasteiger partial charge in [0.05, 0.1) is 29.1 Å². The van der Waals surface area contributed by atoms with Gasteiger partial charge >= 0.3 is 6.18 Å². The third-order valence-electron chi connectivity index (χ3n) is 3.78. The fourth-order valence-corrected chi connectivity index (χ4v) is 4.28. The summed E-state index contributed by atoms with van der Waals surface area (Å²) in [6.45, 7) is 0. The van der Waals surface area contributed by atoms with Crippen molar-refractivity contribution in [2.45, 2.75) is 16.0 Å². The molecule has 1 aliphatic heterocycles. The van der Waals surface area contributed by atoms with Crippen molar-refractivity contribution in [1.82, 2.24) is 0 Å². The Morgan fingerprint density at radius 2 is 2.00 bits per heavy atom. The van der Waals surface area contributed by atoms with Crippen molar-refractivity contribution >= 4 is 35.1 Å². The molecule has 0 radical (unpaired) electrons. The number of alkyl halides is 3. The molecule has 3 nitrogen and oxygen atoms in total. The van der Waals surface area contributed by atoms with Crippen molar-refractivity contribution in [3.05, 3.63) is 47.5 Å². The molecule has 1 amide bonds. The highest BCUT2D eigenvalue weighted by atomic mass is 32.2. The summed E-state index contributed by atoms with van der Waals surface area (Å²) in [5.74, 6) is -0.339. The van der Waals surface area contributed by atoms with Gasteiger partial charge in [0.2, 0.25) is 0 Å². The number of ether oxygens (including phenoxy) is 1. The summed E-state index contributed by atoms with van der Waals surface area (Å²) in [5, 5.41) is 0. The number of thioether (sulfide) groups is 2. The van der Waals surface area contributed by atoms with Crippen LogP contribution < -0.4 is 9.64 Å². The molecule has 0 N–H and O–H groups in total. The number of nitrogens with zero attached hydrogens (tertiary/aromatic N) is 1. The molecule has 0 atom stereocenters. The third-order valence-corrected chi connectivity index (χ3v) is 5.57. The maximum absolute atomic E-state index is 13.4. The standard InChI is InChI=1S/C17H14F3NO2S2/c1-23-15-11(17(18,19)20)7-10(8-14(15)24-2)16(22)21-9-25-13-6-4-3-5-12(13)21/h3-8H,9H2,1-2H3. The van der Waals surface area contributed by atoms with E-state index in [2.05, 4.69) is 0 Å². The highest BCUT2D eigenvalue weighted by molar-refractivity contribution is 8.00. The van der Waals surface area contributed by atoms with E-state index >= 15 is 0 Å². The first-order valence-electron chi connectivity index (χ1n) is 7.23. The van der Waals surface area contributed by atoms with Crippen LogP contribution in [0.2, 0.25) is 0 Å². The van der Waals surface area contributed by atoms with E-state index in [1.807, 2.05) is 12.1 Å². The molecule has 0 saturated carbocycles. The Kier molecular flexibility index (Phi) is 4.92. The first kappa shape index (κ1) is 18.0. The second-order valence-electron chi connectivity index (χ2n) is 5.23. The van der Waals surface area contributed by atoms with Crippen molar-refractivity contribution in [1.29, 1.82) is 0 Å². The highest BCUT2D eigenvalue weighted by Crippen LogP contribution is 2.43. The molecule has 0 aliphatic carbocycles. The summed E-state index contributed by atoms with van der Waals surface area (Å²) in [4.78, 5) is 15.6. The molecule has 2 aromatic rings. The molecular formula is C17H14F3NO2S2. The molecule has 132 valence electrons. The van der Waals surface area contributed by atoms with Gasteiger partial charge in [-0.3, -0.25) is 9.69 Å². The van der Waals surface area contributed by atoms with Gasteiger partial charge in [-0.2, -0.15) is 13.2 Å². The first-order valence-corrected chi connectivity index (χ1v) is 9.44.